The first-order valence-electron chi connectivity index (χ1n) is 6.31. The number of hydrogen-bond acceptors (Lipinski definition) is 1. The van der Waals surface area contributed by atoms with Crippen LogP contribution >= 0.6 is 0 Å². The number of fused-ring (bicyclic) bond motifs is 1. The van der Waals surface area contributed by atoms with E-state index < -0.39 is 0 Å². The molecule has 1 aliphatic rings. The predicted molar refractivity (Wildman–Crippen MR) is 71.1 cm³/mol. The van der Waals surface area contributed by atoms with Gasteiger partial charge in [-0.15, -0.1) is 0 Å². The zero-order valence-electron chi connectivity index (χ0n) is 10.9. The van der Waals surface area contributed by atoms with Crippen LogP contribution in [0.5, 0.6) is 0 Å². The first kappa shape index (κ1) is 11.5. The second kappa shape index (κ2) is 4.12. The molecule has 0 aliphatic carbocycles. The fourth-order valence-electron chi connectivity index (χ4n) is 2.47. The minimum atomic E-state index is 0.451. The summed E-state index contributed by atoms with van der Waals surface area (Å²) in [6.07, 6.45) is 2.60. The van der Waals surface area contributed by atoms with E-state index in [-0.39, 0.29) is 0 Å². The number of hydrogen-bond donors (Lipinski definition) is 1. The average molecular weight is 217 g/mol. The first-order valence-corrected chi connectivity index (χ1v) is 6.31. The van der Waals surface area contributed by atoms with Gasteiger partial charge in [-0.2, -0.15) is 0 Å². The van der Waals surface area contributed by atoms with E-state index in [4.69, 9.17) is 0 Å². The minimum Gasteiger partial charge on any atom is -0.384 e. The predicted octanol–water partition coefficient (Wildman–Crippen LogP) is 4.33. The second-order valence-electron chi connectivity index (χ2n) is 6.22. The van der Waals surface area contributed by atoms with Crippen molar-refractivity contribution in [3.8, 4) is 0 Å². The highest BCUT2D eigenvalue weighted by Gasteiger charge is 2.24. The van der Waals surface area contributed by atoms with Gasteiger partial charge in [0.2, 0.25) is 0 Å². The van der Waals surface area contributed by atoms with E-state index >= 15 is 0 Å². The monoisotopic (exact) mass is 217 g/mol. The Morgan fingerprint density at radius 1 is 1.31 bits per heavy atom. The minimum absolute atomic E-state index is 0.451. The Kier molecular flexibility index (Phi) is 2.96. The number of aryl methyl sites for hydroxylation is 1. The molecule has 1 aromatic carbocycles. The summed E-state index contributed by atoms with van der Waals surface area (Å²) in [6, 6.07) is 6.67. The van der Waals surface area contributed by atoms with E-state index in [1.54, 1.807) is 0 Å². The highest BCUT2D eigenvalue weighted by atomic mass is 14.9. The Morgan fingerprint density at radius 3 is 2.75 bits per heavy atom. The van der Waals surface area contributed by atoms with Gasteiger partial charge >= 0.3 is 0 Å². The summed E-state index contributed by atoms with van der Waals surface area (Å²) in [5, 5.41) is 3.55. The normalized spacial score (nSPS) is 19.4. The molecule has 1 heteroatoms. The van der Waals surface area contributed by atoms with Crippen molar-refractivity contribution in [2.45, 2.75) is 46.5 Å². The zero-order valence-corrected chi connectivity index (χ0v) is 10.9. The molecular formula is C15H23N. The van der Waals surface area contributed by atoms with Crippen molar-refractivity contribution in [1.82, 2.24) is 0 Å². The molecule has 0 fully saturated rings. The van der Waals surface area contributed by atoms with Crippen LogP contribution in [0.3, 0.4) is 0 Å². The van der Waals surface area contributed by atoms with Gasteiger partial charge in [-0.25, -0.2) is 0 Å². The van der Waals surface area contributed by atoms with Crippen molar-refractivity contribution in [2.75, 3.05) is 11.9 Å². The zero-order chi connectivity index (χ0) is 11.8. The lowest BCUT2D eigenvalue weighted by molar-refractivity contribution is 0.352. The Bertz CT molecular complexity index is 374. The van der Waals surface area contributed by atoms with Crippen LogP contribution in [0.1, 0.15) is 50.7 Å². The third kappa shape index (κ3) is 2.40. The van der Waals surface area contributed by atoms with Crippen LogP contribution in [0, 0.1) is 12.3 Å². The smallest absolute Gasteiger partial charge is 0.0406 e. The van der Waals surface area contributed by atoms with Crippen molar-refractivity contribution >= 4 is 5.69 Å². The third-order valence-electron chi connectivity index (χ3n) is 3.51. The molecule has 1 atom stereocenters. The molecule has 0 saturated heterocycles. The summed E-state index contributed by atoms with van der Waals surface area (Å²) in [5.74, 6) is 0.717. The summed E-state index contributed by atoms with van der Waals surface area (Å²) >= 11 is 0. The quantitative estimate of drug-likeness (QED) is 0.777. The van der Waals surface area contributed by atoms with Gasteiger partial charge < -0.3 is 5.32 Å². The lowest BCUT2D eigenvalue weighted by Gasteiger charge is -2.20. The number of anilines is 1. The van der Waals surface area contributed by atoms with Gasteiger partial charge in [0.15, 0.2) is 0 Å². The number of benzene rings is 1. The molecule has 1 aliphatic heterocycles. The van der Waals surface area contributed by atoms with Crippen LogP contribution in [0.2, 0.25) is 0 Å². The Morgan fingerprint density at radius 2 is 2.06 bits per heavy atom. The molecule has 88 valence electrons. The summed E-state index contributed by atoms with van der Waals surface area (Å²) in [4.78, 5) is 0. The highest BCUT2D eigenvalue weighted by Crippen LogP contribution is 2.38. The second-order valence-corrected chi connectivity index (χ2v) is 6.22. The van der Waals surface area contributed by atoms with E-state index in [1.807, 2.05) is 0 Å². The van der Waals surface area contributed by atoms with Crippen LogP contribution in [0.4, 0.5) is 5.69 Å². The lowest BCUT2D eigenvalue weighted by atomic mass is 9.85. The number of rotatable bonds is 2. The van der Waals surface area contributed by atoms with E-state index in [2.05, 4.69) is 51.2 Å². The molecule has 0 bridgehead atoms. The van der Waals surface area contributed by atoms with Crippen molar-refractivity contribution in [3.63, 3.8) is 0 Å². The van der Waals surface area contributed by atoms with Crippen molar-refractivity contribution in [1.29, 1.82) is 0 Å². The summed E-state index contributed by atoms with van der Waals surface area (Å²) in [6.45, 7) is 10.3. The van der Waals surface area contributed by atoms with E-state index in [0.29, 0.717) is 11.3 Å². The fraction of sp³-hybridized carbons (Fsp3) is 0.600. The van der Waals surface area contributed by atoms with Crippen LogP contribution < -0.4 is 5.32 Å². The van der Waals surface area contributed by atoms with Crippen molar-refractivity contribution < 1.29 is 0 Å². The Balaban J connectivity index is 2.09. The molecule has 2 rings (SSSR count). The van der Waals surface area contributed by atoms with Crippen molar-refractivity contribution in [3.05, 3.63) is 29.3 Å². The largest absolute Gasteiger partial charge is 0.384 e. The van der Waals surface area contributed by atoms with Gasteiger partial charge in [-0.1, -0.05) is 39.0 Å². The van der Waals surface area contributed by atoms with E-state index in [9.17, 15) is 0 Å². The number of para-hydroxylation sites is 1. The molecule has 1 N–H and O–H groups in total. The summed E-state index contributed by atoms with van der Waals surface area (Å²) in [5.41, 5.74) is 4.76. The van der Waals surface area contributed by atoms with E-state index in [0.717, 1.165) is 6.54 Å². The maximum atomic E-state index is 3.55. The van der Waals surface area contributed by atoms with Crippen LogP contribution in [0.25, 0.3) is 0 Å². The Hall–Kier alpha value is -0.980. The Labute approximate surface area is 99.3 Å². The average Bonchev–Trinajstić information content (AvgIpc) is 2.58. The molecule has 1 heterocycles. The van der Waals surface area contributed by atoms with E-state index in [1.165, 1.54) is 29.7 Å². The van der Waals surface area contributed by atoms with Gasteiger partial charge in [-0.3, -0.25) is 0 Å². The molecule has 0 aromatic heterocycles. The maximum Gasteiger partial charge on any atom is 0.0406 e. The topological polar surface area (TPSA) is 12.0 Å². The molecule has 0 spiro atoms. The van der Waals surface area contributed by atoms with Gasteiger partial charge in [-0.05, 0) is 36.3 Å². The molecule has 0 saturated carbocycles. The SMILES string of the molecule is Cc1cccc2c1NCC2CCC(C)(C)C. The summed E-state index contributed by atoms with van der Waals surface area (Å²) in [7, 11) is 0. The fourth-order valence-corrected chi connectivity index (χ4v) is 2.47. The van der Waals surface area contributed by atoms with Crippen LogP contribution in [0.15, 0.2) is 18.2 Å². The van der Waals surface area contributed by atoms with Gasteiger partial charge in [0.05, 0.1) is 0 Å². The molecule has 0 amide bonds. The van der Waals surface area contributed by atoms with Crippen LogP contribution in [-0.4, -0.2) is 6.54 Å². The first-order chi connectivity index (χ1) is 7.47. The van der Waals surface area contributed by atoms with Gasteiger partial charge in [0.1, 0.15) is 0 Å². The molecule has 0 radical (unpaired) electrons. The molecular weight excluding hydrogens is 194 g/mol. The third-order valence-corrected chi connectivity index (χ3v) is 3.51. The molecule has 1 unspecified atom stereocenters. The van der Waals surface area contributed by atoms with Gasteiger partial charge in [0.25, 0.3) is 0 Å². The molecule has 1 nitrogen and oxygen atoms in total. The molecule has 16 heavy (non-hydrogen) atoms. The number of nitrogens with one attached hydrogen (secondary N) is 1. The highest BCUT2D eigenvalue weighted by molar-refractivity contribution is 5.62. The standard InChI is InChI=1S/C15H23N/c1-11-6-5-7-13-12(10-16-14(11)13)8-9-15(2,3)4/h5-7,12,16H,8-10H2,1-4H3. The maximum absolute atomic E-state index is 3.55. The van der Waals surface area contributed by atoms with Crippen molar-refractivity contribution in [2.24, 2.45) is 5.41 Å². The van der Waals surface area contributed by atoms with Crippen LogP contribution in [-0.2, 0) is 0 Å². The molecule has 1 aromatic rings. The van der Waals surface area contributed by atoms with Gasteiger partial charge in [0, 0.05) is 18.2 Å². The summed E-state index contributed by atoms with van der Waals surface area (Å²) < 4.78 is 0. The lowest BCUT2D eigenvalue weighted by Crippen LogP contribution is -2.09.